The lowest BCUT2D eigenvalue weighted by Crippen LogP contribution is -2.46. The number of urea groups is 1. The fourth-order valence-electron chi connectivity index (χ4n) is 5.25. The zero-order valence-corrected chi connectivity index (χ0v) is 20.3. The molecule has 2 aromatic rings. The molecule has 0 radical (unpaired) electrons. The van der Waals surface area contributed by atoms with Gasteiger partial charge in [-0.1, -0.05) is 11.9 Å². The number of fused-ring (bicyclic) bond motifs is 4. The first kappa shape index (κ1) is 22.4. The van der Waals surface area contributed by atoms with Crippen molar-refractivity contribution in [3.05, 3.63) is 35.5 Å². The van der Waals surface area contributed by atoms with Gasteiger partial charge in [-0.05, 0) is 57.2 Å². The summed E-state index contributed by atoms with van der Waals surface area (Å²) in [4.78, 5) is 24.5. The normalized spacial score (nSPS) is 24.5. The van der Waals surface area contributed by atoms with Crippen molar-refractivity contribution < 1.29 is 9.53 Å². The van der Waals surface area contributed by atoms with Crippen molar-refractivity contribution in [2.24, 2.45) is 0 Å². The van der Waals surface area contributed by atoms with Crippen LogP contribution in [0, 0.1) is 0 Å². The summed E-state index contributed by atoms with van der Waals surface area (Å²) in [6, 6.07) is 8.77. The minimum atomic E-state index is -0.201. The average molecular weight is 469 g/mol. The summed E-state index contributed by atoms with van der Waals surface area (Å²) in [6.45, 7) is 6.97. The lowest BCUT2D eigenvalue weighted by molar-refractivity contribution is 0.0982. The number of nitrogens with one attached hydrogen (secondary N) is 2. The van der Waals surface area contributed by atoms with Crippen LogP contribution in [0.4, 0.5) is 16.3 Å². The Morgan fingerprint density at radius 3 is 2.79 bits per heavy atom. The third kappa shape index (κ3) is 4.29. The molecule has 8 nitrogen and oxygen atoms in total. The molecule has 3 aliphatic rings. The van der Waals surface area contributed by atoms with Crippen LogP contribution in [0.1, 0.15) is 44.0 Å². The largest absolute Gasteiger partial charge is 0.377 e. The first-order chi connectivity index (χ1) is 16.1. The van der Waals surface area contributed by atoms with E-state index in [1.165, 1.54) is 17.7 Å². The summed E-state index contributed by atoms with van der Waals surface area (Å²) in [7, 11) is 0. The second-order valence-corrected chi connectivity index (χ2v) is 9.69. The summed E-state index contributed by atoms with van der Waals surface area (Å²) in [6.07, 6.45) is 5.51. The molecule has 3 aliphatic heterocycles. The van der Waals surface area contributed by atoms with Crippen molar-refractivity contribution in [3.8, 4) is 11.4 Å². The van der Waals surface area contributed by atoms with E-state index in [9.17, 15) is 4.79 Å². The number of aromatic nitrogens is 2. The molecule has 2 N–H and O–H groups in total. The third-order valence-corrected chi connectivity index (χ3v) is 7.77. The number of ether oxygens (including phenoxy) is 1. The van der Waals surface area contributed by atoms with Gasteiger partial charge in [-0.15, -0.1) is 0 Å². The maximum absolute atomic E-state index is 11.8. The number of benzene rings is 1. The maximum atomic E-state index is 11.8. The first-order valence-corrected chi connectivity index (χ1v) is 13.0. The number of hydrogen-bond acceptors (Lipinski definition) is 7. The van der Waals surface area contributed by atoms with Crippen LogP contribution in [0.3, 0.4) is 0 Å². The first-order valence-electron chi connectivity index (χ1n) is 11.8. The van der Waals surface area contributed by atoms with E-state index >= 15 is 0 Å². The number of rotatable bonds is 5. The number of carbonyl (C=O) groups is 1. The molecular formula is C24H32N6O2S. The second kappa shape index (κ2) is 9.48. The molecule has 2 bridgehead atoms. The van der Waals surface area contributed by atoms with Gasteiger partial charge in [0, 0.05) is 42.4 Å². The number of nitrogens with zero attached hydrogens (tertiary/aromatic N) is 4. The Balaban J connectivity index is 1.53. The maximum Gasteiger partial charge on any atom is 0.319 e. The van der Waals surface area contributed by atoms with Crippen LogP contribution < -0.4 is 15.5 Å². The molecule has 3 unspecified atom stereocenters. The van der Waals surface area contributed by atoms with E-state index in [4.69, 9.17) is 14.7 Å². The van der Waals surface area contributed by atoms with Crippen molar-refractivity contribution in [2.45, 2.75) is 51.2 Å². The fourth-order valence-corrected chi connectivity index (χ4v) is 6.19. The van der Waals surface area contributed by atoms with Crippen molar-refractivity contribution in [1.82, 2.24) is 19.6 Å². The summed E-state index contributed by atoms with van der Waals surface area (Å²) in [5.41, 5.74) is 4.21. The molecule has 1 aromatic carbocycles. The van der Waals surface area contributed by atoms with E-state index in [1.807, 2.05) is 43.1 Å². The topological polar surface area (TPSA) is 82.6 Å². The average Bonchev–Trinajstić information content (AvgIpc) is 3.11. The number of carbonyl (C=O) groups excluding carboxylic acids is 1. The highest BCUT2D eigenvalue weighted by Gasteiger charge is 2.43. The van der Waals surface area contributed by atoms with Gasteiger partial charge in [0.25, 0.3) is 0 Å². The van der Waals surface area contributed by atoms with Crippen LogP contribution >= 0.6 is 11.9 Å². The van der Waals surface area contributed by atoms with Crippen LogP contribution in [0.15, 0.2) is 24.3 Å². The van der Waals surface area contributed by atoms with E-state index in [2.05, 4.69) is 33.0 Å². The van der Waals surface area contributed by atoms with Crippen LogP contribution in [-0.2, 0) is 11.2 Å². The molecule has 0 spiro atoms. The lowest BCUT2D eigenvalue weighted by Gasteiger charge is -2.40. The SMILES string of the molecule is CCNC(=O)Nc1ccc(-c2nc3c(c(N4CCOCC4C)n2)C2CCC(C3)N2SC)cc1. The fraction of sp³-hybridized carbons (Fsp3) is 0.542. The molecular weight excluding hydrogens is 436 g/mol. The van der Waals surface area contributed by atoms with Crippen molar-refractivity contribution in [1.29, 1.82) is 0 Å². The highest BCUT2D eigenvalue weighted by molar-refractivity contribution is 7.96. The molecule has 9 heteroatoms. The van der Waals surface area contributed by atoms with Gasteiger partial charge in [-0.3, -0.25) is 0 Å². The number of hydrogen-bond donors (Lipinski definition) is 2. The molecule has 0 saturated carbocycles. The summed E-state index contributed by atoms with van der Waals surface area (Å²) in [5.74, 6) is 1.82. The smallest absolute Gasteiger partial charge is 0.319 e. The van der Waals surface area contributed by atoms with Gasteiger partial charge in [0.1, 0.15) is 5.82 Å². The van der Waals surface area contributed by atoms with E-state index in [0.29, 0.717) is 25.2 Å². The molecule has 4 heterocycles. The van der Waals surface area contributed by atoms with Crippen LogP contribution in [0.25, 0.3) is 11.4 Å². The molecule has 5 rings (SSSR count). The Morgan fingerprint density at radius 1 is 1.24 bits per heavy atom. The van der Waals surface area contributed by atoms with Gasteiger partial charge in [-0.25, -0.2) is 19.1 Å². The molecule has 2 saturated heterocycles. The van der Waals surface area contributed by atoms with Gasteiger partial charge in [-0.2, -0.15) is 0 Å². The van der Waals surface area contributed by atoms with E-state index < -0.39 is 0 Å². The predicted octanol–water partition coefficient (Wildman–Crippen LogP) is 3.85. The van der Waals surface area contributed by atoms with Crippen molar-refractivity contribution in [3.63, 3.8) is 0 Å². The van der Waals surface area contributed by atoms with Crippen LogP contribution in [0.2, 0.25) is 0 Å². The molecule has 176 valence electrons. The highest BCUT2D eigenvalue weighted by Crippen LogP contribution is 2.49. The molecule has 1 aromatic heterocycles. The molecule has 2 amide bonds. The van der Waals surface area contributed by atoms with Crippen molar-refractivity contribution in [2.75, 3.05) is 42.8 Å². The van der Waals surface area contributed by atoms with Gasteiger partial charge in [0.05, 0.1) is 31.0 Å². The van der Waals surface area contributed by atoms with E-state index in [-0.39, 0.29) is 12.1 Å². The zero-order valence-electron chi connectivity index (χ0n) is 19.5. The Hall–Kier alpha value is -2.36. The summed E-state index contributed by atoms with van der Waals surface area (Å²) >= 11 is 1.85. The lowest BCUT2D eigenvalue weighted by atomic mass is 9.98. The zero-order chi connectivity index (χ0) is 22.9. The van der Waals surface area contributed by atoms with Crippen molar-refractivity contribution >= 4 is 29.5 Å². The minimum absolute atomic E-state index is 0.201. The quantitative estimate of drug-likeness (QED) is 0.645. The van der Waals surface area contributed by atoms with Gasteiger partial charge < -0.3 is 20.3 Å². The minimum Gasteiger partial charge on any atom is -0.377 e. The Morgan fingerprint density at radius 2 is 2.06 bits per heavy atom. The number of morpholine rings is 1. The predicted molar refractivity (Wildman–Crippen MR) is 133 cm³/mol. The summed E-state index contributed by atoms with van der Waals surface area (Å²) in [5, 5.41) is 5.60. The van der Waals surface area contributed by atoms with Gasteiger partial charge in [0.15, 0.2) is 5.82 Å². The molecule has 3 atom stereocenters. The van der Waals surface area contributed by atoms with Crippen LogP contribution in [0.5, 0.6) is 0 Å². The molecule has 33 heavy (non-hydrogen) atoms. The number of amides is 2. The molecule has 0 aliphatic carbocycles. The monoisotopic (exact) mass is 468 g/mol. The Labute approximate surface area is 199 Å². The van der Waals surface area contributed by atoms with Crippen LogP contribution in [-0.4, -0.2) is 64.9 Å². The molecule has 2 fully saturated rings. The second-order valence-electron chi connectivity index (χ2n) is 8.90. The summed E-state index contributed by atoms with van der Waals surface area (Å²) < 4.78 is 8.28. The highest BCUT2D eigenvalue weighted by atomic mass is 32.2. The third-order valence-electron chi connectivity index (χ3n) is 6.80. The Bertz CT molecular complexity index is 1020. The van der Waals surface area contributed by atoms with E-state index in [1.54, 1.807) is 0 Å². The Kier molecular flexibility index (Phi) is 6.44. The van der Waals surface area contributed by atoms with E-state index in [0.717, 1.165) is 48.9 Å². The standard InChI is InChI=1S/C24H32N6O2S/c1-4-25-24(31)26-17-7-5-16(6-8-17)22-27-19-13-18-9-10-20(30(18)33-3)21(19)23(28-22)29-11-12-32-14-15(29)2/h5-8,15,18,20H,4,9-14H2,1-3H3,(H2,25,26,31). The van der Waals surface area contributed by atoms with Gasteiger partial charge in [0.2, 0.25) is 0 Å². The number of anilines is 2. The van der Waals surface area contributed by atoms with Gasteiger partial charge >= 0.3 is 6.03 Å².